The number of carbonyl (C=O) groups excluding carboxylic acids is 1. The Kier molecular flexibility index (Phi) is 7.06. The lowest BCUT2D eigenvalue weighted by Gasteiger charge is -2.10. The van der Waals surface area contributed by atoms with E-state index in [0.717, 1.165) is 0 Å². The molecule has 0 unspecified atom stereocenters. The third kappa shape index (κ3) is 6.05. The number of amides is 1. The fourth-order valence-corrected chi connectivity index (χ4v) is 4.07. The first-order valence-electron chi connectivity index (χ1n) is 9.80. The van der Waals surface area contributed by atoms with Crippen LogP contribution in [0.3, 0.4) is 0 Å². The van der Waals surface area contributed by atoms with Crippen LogP contribution >= 0.6 is 0 Å². The van der Waals surface area contributed by atoms with Crippen LogP contribution in [0.1, 0.15) is 23.7 Å². The molecular formula is C22H22N4O5S. The lowest BCUT2D eigenvalue weighted by atomic mass is 10.1. The van der Waals surface area contributed by atoms with E-state index < -0.39 is 20.9 Å². The molecule has 32 heavy (non-hydrogen) atoms. The van der Waals surface area contributed by atoms with E-state index in [4.69, 9.17) is 0 Å². The number of nitrogens with zero attached hydrogens (tertiary/aromatic N) is 1. The molecule has 0 aliphatic rings. The van der Waals surface area contributed by atoms with Crippen molar-refractivity contribution in [3.8, 4) is 0 Å². The van der Waals surface area contributed by atoms with E-state index in [-0.39, 0.29) is 22.7 Å². The summed E-state index contributed by atoms with van der Waals surface area (Å²) in [6.07, 6.45) is 0.495. The molecule has 9 nitrogen and oxygen atoms in total. The summed E-state index contributed by atoms with van der Waals surface area (Å²) in [7, 11) is -3.41. The minimum atomic E-state index is -3.41. The van der Waals surface area contributed by atoms with Crippen LogP contribution in [0.4, 0.5) is 28.4 Å². The zero-order chi connectivity index (χ0) is 23.1. The van der Waals surface area contributed by atoms with Crippen molar-refractivity contribution in [2.45, 2.75) is 13.3 Å². The molecule has 3 N–H and O–H groups in total. The molecule has 0 saturated carbocycles. The number of nitro groups is 1. The van der Waals surface area contributed by atoms with Crippen LogP contribution in [0.25, 0.3) is 0 Å². The maximum Gasteiger partial charge on any atom is 0.293 e. The van der Waals surface area contributed by atoms with Crippen molar-refractivity contribution in [3.05, 3.63) is 88.5 Å². The highest BCUT2D eigenvalue weighted by Gasteiger charge is 2.18. The van der Waals surface area contributed by atoms with E-state index in [1.165, 1.54) is 30.3 Å². The minimum absolute atomic E-state index is 0.0133. The molecular weight excluding hydrogens is 432 g/mol. The van der Waals surface area contributed by atoms with E-state index >= 15 is 0 Å². The minimum Gasteiger partial charge on any atom is -0.350 e. The molecule has 0 fully saturated rings. The second-order valence-electron chi connectivity index (χ2n) is 6.93. The van der Waals surface area contributed by atoms with Crippen molar-refractivity contribution in [2.24, 2.45) is 0 Å². The van der Waals surface area contributed by atoms with Crippen LogP contribution in [-0.4, -0.2) is 25.0 Å². The van der Waals surface area contributed by atoms with Gasteiger partial charge in [0.1, 0.15) is 5.69 Å². The summed E-state index contributed by atoms with van der Waals surface area (Å²) in [4.78, 5) is 23.6. The molecule has 3 rings (SSSR count). The molecule has 10 heteroatoms. The van der Waals surface area contributed by atoms with Gasteiger partial charge in [-0.1, -0.05) is 25.1 Å². The SMILES string of the molecule is CCCS(=O)(=O)Nc1ccc(NC(=O)c2ccc(Nc3ccccc3)c([N+](=O)[O-])c2)cc1. The van der Waals surface area contributed by atoms with Crippen LogP contribution in [0.15, 0.2) is 72.8 Å². The van der Waals surface area contributed by atoms with Crippen LogP contribution in [-0.2, 0) is 10.0 Å². The second-order valence-corrected chi connectivity index (χ2v) is 8.77. The molecule has 0 bridgehead atoms. The summed E-state index contributed by atoms with van der Waals surface area (Å²) in [5, 5.41) is 17.1. The zero-order valence-electron chi connectivity index (χ0n) is 17.2. The molecule has 0 atom stereocenters. The van der Waals surface area contributed by atoms with E-state index in [1.807, 2.05) is 6.07 Å². The quantitative estimate of drug-likeness (QED) is 0.316. The number of sulfonamides is 1. The Morgan fingerprint density at radius 3 is 2.22 bits per heavy atom. The highest BCUT2D eigenvalue weighted by atomic mass is 32.2. The molecule has 0 aliphatic heterocycles. The van der Waals surface area contributed by atoms with E-state index in [1.54, 1.807) is 43.3 Å². The highest BCUT2D eigenvalue weighted by molar-refractivity contribution is 7.92. The first kappa shape index (κ1) is 22.8. The predicted molar refractivity (Wildman–Crippen MR) is 125 cm³/mol. The largest absolute Gasteiger partial charge is 0.350 e. The molecule has 3 aromatic rings. The van der Waals surface area contributed by atoms with E-state index in [2.05, 4.69) is 15.4 Å². The van der Waals surface area contributed by atoms with Gasteiger partial charge in [0.2, 0.25) is 10.0 Å². The summed E-state index contributed by atoms with van der Waals surface area (Å²) in [6.45, 7) is 1.77. The second kappa shape index (κ2) is 9.92. The van der Waals surface area contributed by atoms with Crippen LogP contribution in [0.2, 0.25) is 0 Å². The number of nitrogens with one attached hydrogen (secondary N) is 3. The van der Waals surface area contributed by atoms with Crippen LogP contribution in [0.5, 0.6) is 0 Å². The standard InChI is InChI=1S/C22H22N4O5S/c1-2-14-32(30,31)25-19-11-9-18(10-12-19)24-22(27)16-8-13-20(21(15-16)26(28)29)23-17-6-4-3-5-7-17/h3-13,15,23,25H,2,14H2,1H3,(H,24,27). The summed E-state index contributed by atoms with van der Waals surface area (Å²) in [5.41, 5.74) is 1.63. The van der Waals surface area contributed by atoms with Gasteiger partial charge in [-0.3, -0.25) is 19.6 Å². The lowest BCUT2D eigenvalue weighted by Crippen LogP contribution is -2.16. The van der Waals surface area contributed by atoms with Crippen molar-refractivity contribution in [1.29, 1.82) is 0 Å². The number of carbonyl (C=O) groups is 1. The van der Waals surface area contributed by atoms with Crippen LogP contribution < -0.4 is 15.4 Å². The Balaban J connectivity index is 1.73. The average molecular weight is 455 g/mol. The monoisotopic (exact) mass is 454 g/mol. The van der Waals surface area contributed by atoms with Gasteiger partial charge in [-0.05, 0) is 55.0 Å². The van der Waals surface area contributed by atoms with Crippen LogP contribution in [0, 0.1) is 10.1 Å². The zero-order valence-corrected chi connectivity index (χ0v) is 18.1. The van der Waals surface area contributed by atoms with Crippen molar-refractivity contribution in [1.82, 2.24) is 0 Å². The molecule has 0 radical (unpaired) electrons. The Morgan fingerprint density at radius 2 is 1.59 bits per heavy atom. The first-order chi connectivity index (χ1) is 15.3. The highest BCUT2D eigenvalue weighted by Crippen LogP contribution is 2.29. The molecule has 0 aliphatic carbocycles. The Labute approximate surface area is 185 Å². The molecule has 0 saturated heterocycles. The maximum atomic E-state index is 12.6. The van der Waals surface area contributed by atoms with Gasteiger partial charge in [0.05, 0.1) is 10.7 Å². The number of rotatable bonds is 9. The number of hydrogen-bond acceptors (Lipinski definition) is 6. The number of benzene rings is 3. The summed E-state index contributed by atoms with van der Waals surface area (Å²) < 4.78 is 26.1. The average Bonchev–Trinajstić information content (AvgIpc) is 2.75. The summed E-state index contributed by atoms with van der Waals surface area (Å²) in [5.74, 6) is -0.516. The summed E-state index contributed by atoms with van der Waals surface area (Å²) in [6, 6.07) is 19.3. The van der Waals surface area contributed by atoms with Gasteiger partial charge < -0.3 is 10.6 Å². The Hall–Kier alpha value is -3.92. The number of hydrogen-bond donors (Lipinski definition) is 3. The van der Waals surface area contributed by atoms with Crippen molar-refractivity contribution in [3.63, 3.8) is 0 Å². The van der Waals surface area contributed by atoms with Gasteiger partial charge in [0.15, 0.2) is 0 Å². The number of nitro benzene ring substituents is 1. The molecule has 0 spiro atoms. The molecule has 3 aromatic carbocycles. The molecule has 0 aromatic heterocycles. The Bertz CT molecular complexity index is 1210. The van der Waals surface area contributed by atoms with Gasteiger partial charge >= 0.3 is 0 Å². The number of anilines is 4. The van der Waals surface area contributed by atoms with Gasteiger partial charge in [0, 0.05) is 28.7 Å². The molecule has 0 heterocycles. The third-order valence-corrected chi connectivity index (χ3v) is 5.89. The maximum absolute atomic E-state index is 12.6. The van der Waals surface area contributed by atoms with Gasteiger partial charge in [-0.2, -0.15) is 0 Å². The predicted octanol–water partition coefficient (Wildman–Crippen LogP) is 4.74. The van der Waals surface area contributed by atoms with Crippen molar-refractivity contribution >= 4 is 44.4 Å². The van der Waals surface area contributed by atoms with Crippen molar-refractivity contribution in [2.75, 3.05) is 21.1 Å². The number of para-hydroxylation sites is 1. The topological polar surface area (TPSA) is 130 Å². The smallest absolute Gasteiger partial charge is 0.293 e. The fraction of sp³-hybridized carbons (Fsp3) is 0.136. The van der Waals surface area contributed by atoms with E-state index in [0.29, 0.717) is 23.5 Å². The third-order valence-electron chi connectivity index (χ3n) is 4.40. The van der Waals surface area contributed by atoms with Gasteiger partial charge in [-0.25, -0.2) is 8.42 Å². The molecule has 1 amide bonds. The van der Waals surface area contributed by atoms with E-state index in [9.17, 15) is 23.3 Å². The normalized spacial score (nSPS) is 10.9. The first-order valence-corrected chi connectivity index (χ1v) is 11.4. The van der Waals surface area contributed by atoms with Crippen molar-refractivity contribution < 1.29 is 18.1 Å². The fourth-order valence-electron chi connectivity index (χ4n) is 2.93. The summed E-state index contributed by atoms with van der Waals surface area (Å²) >= 11 is 0. The lowest BCUT2D eigenvalue weighted by molar-refractivity contribution is -0.383. The van der Waals surface area contributed by atoms with Gasteiger partial charge in [-0.15, -0.1) is 0 Å². The Morgan fingerprint density at radius 1 is 0.938 bits per heavy atom. The molecule has 166 valence electrons. The van der Waals surface area contributed by atoms with Gasteiger partial charge in [0.25, 0.3) is 11.6 Å².